The van der Waals surface area contributed by atoms with E-state index in [0.29, 0.717) is 23.1 Å². The highest BCUT2D eigenvalue weighted by molar-refractivity contribution is 7.98. The Morgan fingerprint density at radius 2 is 1.69 bits per heavy atom. The summed E-state index contributed by atoms with van der Waals surface area (Å²) in [4.78, 5) is 13.9. The first kappa shape index (κ1) is 24.0. The lowest BCUT2D eigenvalue weighted by molar-refractivity contribution is -0.114. The molecule has 0 heterocycles. The fraction of sp³-hybridized carbons (Fsp3) is 0.174. The van der Waals surface area contributed by atoms with Crippen LogP contribution in [0.3, 0.4) is 0 Å². The number of benzene rings is 3. The molecule has 0 atom stereocenters. The maximum absolute atomic E-state index is 13.6. The Morgan fingerprint density at radius 3 is 2.31 bits per heavy atom. The Bertz CT molecular complexity index is 1170. The lowest BCUT2D eigenvalue weighted by Crippen LogP contribution is -2.38. The zero-order valence-electron chi connectivity index (χ0n) is 17.6. The molecule has 1 amide bonds. The number of carbonyl (C=O) groups is 1. The van der Waals surface area contributed by atoms with Crippen LogP contribution in [0.2, 0.25) is 5.02 Å². The van der Waals surface area contributed by atoms with E-state index < -0.39 is 22.5 Å². The van der Waals surface area contributed by atoms with Crippen molar-refractivity contribution in [2.45, 2.75) is 16.7 Å². The van der Waals surface area contributed by atoms with Crippen LogP contribution in [0.4, 0.5) is 11.4 Å². The topological polar surface area (TPSA) is 75.7 Å². The van der Waals surface area contributed by atoms with Crippen LogP contribution in [-0.4, -0.2) is 33.7 Å². The third-order valence-corrected chi connectivity index (χ3v) is 7.27. The van der Waals surface area contributed by atoms with Gasteiger partial charge < -0.3 is 10.1 Å². The first-order valence-corrected chi connectivity index (χ1v) is 12.8. The van der Waals surface area contributed by atoms with Gasteiger partial charge in [-0.15, -0.1) is 11.8 Å². The van der Waals surface area contributed by atoms with E-state index in [9.17, 15) is 13.2 Å². The van der Waals surface area contributed by atoms with Gasteiger partial charge in [-0.1, -0.05) is 23.7 Å². The van der Waals surface area contributed by atoms with Crippen LogP contribution < -0.4 is 14.4 Å². The van der Waals surface area contributed by atoms with Gasteiger partial charge in [0.1, 0.15) is 12.3 Å². The predicted octanol–water partition coefficient (Wildman–Crippen LogP) is 5.29. The van der Waals surface area contributed by atoms with E-state index in [1.807, 2.05) is 13.2 Å². The number of amides is 1. The molecule has 1 N–H and O–H groups in total. The lowest BCUT2D eigenvalue weighted by Gasteiger charge is -2.26. The number of hydrogen-bond acceptors (Lipinski definition) is 5. The van der Waals surface area contributed by atoms with Crippen molar-refractivity contribution in [1.82, 2.24) is 0 Å². The van der Waals surface area contributed by atoms with Crippen LogP contribution in [0, 0.1) is 0 Å². The van der Waals surface area contributed by atoms with Crippen molar-refractivity contribution in [3.63, 3.8) is 0 Å². The largest absolute Gasteiger partial charge is 0.492 e. The average molecular weight is 491 g/mol. The molecule has 0 unspecified atom stereocenters. The molecule has 0 fully saturated rings. The van der Waals surface area contributed by atoms with E-state index in [1.165, 1.54) is 23.9 Å². The predicted molar refractivity (Wildman–Crippen MR) is 130 cm³/mol. The van der Waals surface area contributed by atoms with Gasteiger partial charge in [-0.3, -0.25) is 9.10 Å². The molecule has 32 heavy (non-hydrogen) atoms. The van der Waals surface area contributed by atoms with Crippen molar-refractivity contribution in [1.29, 1.82) is 0 Å². The minimum atomic E-state index is -4.05. The molecule has 9 heteroatoms. The number of thioether (sulfide) groups is 1. The summed E-state index contributed by atoms with van der Waals surface area (Å²) < 4.78 is 33.9. The Morgan fingerprint density at radius 1 is 1.03 bits per heavy atom. The fourth-order valence-corrected chi connectivity index (χ4v) is 4.95. The monoisotopic (exact) mass is 490 g/mol. The number of para-hydroxylation sites is 2. The molecule has 3 rings (SSSR count). The summed E-state index contributed by atoms with van der Waals surface area (Å²) >= 11 is 7.41. The molecule has 0 radical (unpaired) electrons. The normalized spacial score (nSPS) is 11.1. The minimum absolute atomic E-state index is 0.0842. The first-order chi connectivity index (χ1) is 15.3. The summed E-state index contributed by atoms with van der Waals surface area (Å²) in [7, 11) is -4.05. The molecule has 0 saturated carbocycles. The van der Waals surface area contributed by atoms with Crippen molar-refractivity contribution in [2.24, 2.45) is 0 Å². The van der Waals surface area contributed by atoms with Gasteiger partial charge in [0.2, 0.25) is 5.91 Å². The molecule has 0 aliphatic rings. The van der Waals surface area contributed by atoms with Crippen LogP contribution in [-0.2, 0) is 14.8 Å². The molecule has 0 aromatic heterocycles. The van der Waals surface area contributed by atoms with E-state index in [1.54, 1.807) is 60.7 Å². The van der Waals surface area contributed by atoms with Crippen LogP contribution in [0.1, 0.15) is 6.92 Å². The summed E-state index contributed by atoms with van der Waals surface area (Å²) in [5.41, 5.74) is 0.800. The van der Waals surface area contributed by atoms with Crippen molar-refractivity contribution < 1.29 is 17.9 Å². The molecule has 0 spiro atoms. The number of carbonyl (C=O) groups excluding carboxylic acids is 1. The SMILES string of the molecule is CCOc1ccccc1N(CC(=O)Nc1ccc(Cl)cc1)S(=O)(=O)c1ccc(SC)cc1. The number of sulfonamides is 1. The van der Waals surface area contributed by atoms with Gasteiger partial charge in [0.05, 0.1) is 17.2 Å². The van der Waals surface area contributed by atoms with Crippen LogP contribution in [0.15, 0.2) is 82.6 Å². The number of anilines is 2. The Labute approximate surface area is 197 Å². The molecule has 3 aromatic carbocycles. The smallest absolute Gasteiger partial charge is 0.264 e. The molecule has 0 saturated heterocycles. The van der Waals surface area contributed by atoms with E-state index in [-0.39, 0.29) is 10.6 Å². The van der Waals surface area contributed by atoms with Crippen LogP contribution >= 0.6 is 23.4 Å². The second-order valence-electron chi connectivity index (χ2n) is 6.64. The van der Waals surface area contributed by atoms with Gasteiger partial charge in [-0.05, 0) is 73.8 Å². The zero-order valence-corrected chi connectivity index (χ0v) is 20.0. The summed E-state index contributed by atoms with van der Waals surface area (Å²) in [5, 5.41) is 3.25. The summed E-state index contributed by atoms with van der Waals surface area (Å²) in [6.45, 7) is 1.73. The van der Waals surface area contributed by atoms with Crippen molar-refractivity contribution in [3.8, 4) is 5.75 Å². The summed E-state index contributed by atoms with van der Waals surface area (Å²) in [5.74, 6) is -0.124. The third kappa shape index (κ3) is 5.76. The number of nitrogens with zero attached hydrogens (tertiary/aromatic N) is 1. The third-order valence-electron chi connectivity index (χ3n) is 4.50. The number of rotatable bonds is 9. The van der Waals surface area contributed by atoms with Gasteiger partial charge in [0.15, 0.2) is 0 Å². The quantitative estimate of drug-likeness (QED) is 0.412. The molecule has 6 nitrogen and oxygen atoms in total. The number of hydrogen-bond donors (Lipinski definition) is 1. The van der Waals surface area contributed by atoms with E-state index in [0.717, 1.165) is 9.20 Å². The van der Waals surface area contributed by atoms with E-state index in [4.69, 9.17) is 16.3 Å². The molecular weight excluding hydrogens is 468 g/mol. The molecule has 168 valence electrons. The highest BCUT2D eigenvalue weighted by Crippen LogP contribution is 2.33. The Balaban J connectivity index is 1.99. The number of ether oxygens (including phenoxy) is 1. The summed E-state index contributed by atoms with van der Waals surface area (Å²) in [6.07, 6.45) is 1.91. The van der Waals surface area contributed by atoms with Gasteiger partial charge >= 0.3 is 0 Å². The maximum atomic E-state index is 13.6. The van der Waals surface area contributed by atoms with Gasteiger partial charge in [-0.2, -0.15) is 0 Å². The second-order valence-corrected chi connectivity index (χ2v) is 9.82. The van der Waals surface area contributed by atoms with E-state index >= 15 is 0 Å². The molecule has 3 aromatic rings. The number of nitrogens with one attached hydrogen (secondary N) is 1. The maximum Gasteiger partial charge on any atom is 0.264 e. The molecule has 0 aliphatic heterocycles. The highest BCUT2D eigenvalue weighted by atomic mass is 35.5. The zero-order chi connectivity index (χ0) is 23.1. The van der Waals surface area contributed by atoms with E-state index in [2.05, 4.69) is 5.32 Å². The van der Waals surface area contributed by atoms with Crippen molar-refractivity contribution >= 4 is 50.7 Å². The minimum Gasteiger partial charge on any atom is -0.492 e. The molecule has 0 bridgehead atoms. The fourth-order valence-electron chi connectivity index (χ4n) is 2.98. The van der Waals surface area contributed by atoms with Gasteiger partial charge in [-0.25, -0.2) is 8.42 Å². The lowest BCUT2D eigenvalue weighted by atomic mass is 10.3. The molecular formula is C23H23ClN2O4S2. The van der Waals surface area contributed by atoms with Crippen molar-refractivity contribution in [2.75, 3.05) is 29.0 Å². The van der Waals surface area contributed by atoms with Crippen molar-refractivity contribution in [3.05, 3.63) is 77.8 Å². The second kappa shape index (κ2) is 10.8. The summed E-state index contributed by atoms with van der Waals surface area (Å²) in [6, 6.07) is 19.9. The molecule has 0 aliphatic carbocycles. The number of halogens is 1. The Hall–Kier alpha value is -2.68. The van der Waals surface area contributed by atoms with Crippen LogP contribution in [0.5, 0.6) is 5.75 Å². The standard InChI is InChI=1S/C23H23ClN2O4S2/c1-3-30-22-7-5-4-6-21(22)26(16-23(27)25-18-10-8-17(24)9-11-18)32(28,29)20-14-12-19(31-2)13-15-20/h4-15H,3,16H2,1-2H3,(H,25,27). The first-order valence-electron chi connectivity index (χ1n) is 9.79. The average Bonchev–Trinajstić information content (AvgIpc) is 2.80. The highest BCUT2D eigenvalue weighted by Gasteiger charge is 2.29. The van der Waals surface area contributed by atoms with Gasteiger partial charge in [0, 0.05) is 15.6 Å². The van der Waals surface area contributed by atoms with Crippen LogP contribution in [0.25, 0.3) is 0 Å². The Kier molecular flexibility index (Phi) is 8.06. The van der Waals surface area contributed by atoms with Gasteiger partial charge in [0.25, 0.3) is 10.0 Å².